The summed E-state index contributed by atoms with van der Waals surface area (Å²) in [7, 11) is -1.54. The van der Waals surface area contributed by atoms with Crippen molar-refractivity contribution in [3.63, 3.8) is 0 Å². The molecule has 2 unspecified atom stereocenters. The number of methoxy groups -OCH3 is 1. The van der Waals surface area contributed by atoms with Gasteiger partial charge >= 0.3 is 0 Å². The summed E-state index contributed by atoms with van der Waals surface area (Å²) in [5.74, 6) is 0. The van der Waals surface area contributed by atoms with Crippen LogP contribution in [0.15, 0.2) is 0 Å². The third kappa shape index (κ3) is 7.84. The summed E-state index contributed by atoms with van der Waals surface area (Å²) < 4.78 is 32.4. The van der Waals surface area contributed by atoms with Gasteiger partial charge in [-0.05, 0) is 20.8 Å². The molecule has 0 amide bonds. The number of sulfone groups is 1. The SMILES string of the molecule is COCC(C)OCC(O)CNCC(C)(C)S(C)(=O)=O. The summed E-state index contributed by atoms with van der Waals surface area (Å²) in [4.78, 5) is 0. The molecular formula is C12H27NO5S. The van der Waals surface area contributed by atoms with Crippen molar-refractivity contribution in [2.75, 3.05) is 39.7 Å². The molecule has 19 heavy (non-hydrogen) atoms. The highest BCUT2D eigenvalue weighted by molar-refractivity contribution is 7.92. The van der Waals surface area contributed by atoms with Gasteiger partial charge in [-0.2, -0.15) is 0 Å². The van der Waals surface area contributed by atoms with Crippen molar-refractivity contribution in [2.45, 2.75) is 37.7 Å². The predicted octanol–water partition coefficient (Wildman–Crippen LogP) is -0.188. The molecule has 0 fully saturated rings. The third-order valence-electron chi connectivity index (χ3n) is 2.91. The predicted molar refractivity (Wildman–Crippen MR) is 75.1 cm³/mol. The van der Waals surface area contributed by atoms with E-state index in [4.69, 9.17) is 9.47 Å². The van der Waals surface area contributed by atoms with Gasteiger partial charge in [-0.3, -0.25) is 0 Å². The Hall–Kier alpha value is -0.210. The summed E-state index contributed by atoms with van der Waals surface area (Å²) in [6, 6.07) is 0. The number of hydrogen-bond acceptors (Lipinski definition) is 6. The van der Waals surface area contributed by atoms with Crippen LogP contribution in [0.25, 0.3) is 0 Å². The molecular weight excluding hydrogens is 270 g/mol. The van der Waals surface area contributed by atoms with Gasteiger partial charge in [-0.25, -0.2) is 8.42 Å². The highest BCUT2D eigenvalue weighted by atomic mass is 32.2. The standard InChI is InChI=1S/C12H27NO5S/c1-10(7-17-4)18-8-11(14)6-13-9-12(2,3)19(5,15)16/h10-11,13-14H,6-9H2,1-5H3. The third-order valence-corrected chi connectivity index (χ3v) is 5.06. The molecule has 0 aromatic heterocycles. The molecule has 0 saturated carbocycles. The minimum atomic E-state index is -3.13. The van der Waals surface area contributed by atoms with Gasteiger partial charge in [0.1, 0.15) is 0 Å². The molecule has 2 N–H and O–H groups in total. The van der Waals surface area contributed by atoms with Crippen LogP contribution in [0.2, 0.25) is 0 Å². The van der Waals surface area contributed by atoms with E-state index in [1.807, 2.05) is 6.92 Å². The molecule has 7 heteroatoms. The van der Waals surface area contributed by atoms with Crippen LogP contribution in [0.1, 0.15) is 20.8 Å². The highest BCUT2D eigenvalue weighted by Crippen LogP contribution is 2.13. The lowest BCUT2D eigenvalue weighted by molar-refractivity contribution is -0.0310. The van der Waals surface area contributed by atoms with E-state index in [9.17, 15) is 13.5 Å². The molecule has 0 saturated heterocycles. The van der Waals surface area contributed by atoms with Crippen LogP contribution in [-0.4, -0.2) is 70.1 Å². The second-order valence-corrected chi connectivity index (χ2v) is 8.07. The monoisotopic (exact) mass is 297 g/mol. The fourth-order valence-corrected chi connectivity index (χ4v) is 1.65. The second kappa shape index (κ2) is 8.16. The first-order valence-corrected chi connectivity index (χ1v) is 8.18. The average Bonchev–Trinajstić information content (AvgIpc) is 2.25. The number of ether oxygens (including phenoxy) is 2. The smallest absolute Gasteiger partial charge is 0.153 e. The zero-order valence-electron chi connectivity index (χ0n) is 12.5. The van der Waals surface area contributed by atoms with Crippen molar-refractivity contribution in [2.24, 2.45) is 0 Å². The van der Waals surface area contributed by atoms with Gasteiger partial charge in [0.05, 0.1) is 30.2 Å². The van der Waals surface area contributed by atoms with Crippen molar-refractivity contribution in [1.82, 2.24) is 5.32 Å². The maximum atomic E-state index is 11.5. The number of aliphatic hydroxyl groups excluding tert-OH is 1. The number of nitrogens with one attached hydrogen (secondary N) is 1. The Kier molecular flexibility index (Phi) is 8.07. The molecule has 0 heterocycles. The van der Waals surface area contributed by atoms with Gasteiger partial charge in [0.25, 0.3) is 0 Å². The summed E-state index contributed by atoms with van der Waals surface area (Å²) >= 11 is 0. The van der Waals surface area contributed by atoms with Gasteiger partial charge in [0.2, 0.25) is 0 Å². The first-order valence-electron chi connectivity index (χ1n) is 6.29. The normalized spacial score (nSPS) is 16.3. The molecule has 6 nitrogen and oxygen atoms in total. The van der Waals surface area contributed by atoms with E-state index in [1.165, 1.54) is 6.26 Å². The van der Waals surface area contributed by atoms with E-state index in [2.05, 4.69) is 5.32 Å². The van der Waals surface area contributed by atoms with Crippen LogP contribution in [0, 0.1) is 0 Å². The Morgan fingerprint density at radius 3 is 2.37 bits per heavy atom. The maximum Gasteiger partial charge on any atom is 0.153 e. The molecule has 116 valence electrons. The summed E-state index contributed by atoms with van der Waals surface area (Å²) in [6.07, 6.45) is 0.461. The van der Waals surface area contributed by atoms with Gasteiger partial charge in [0.15, 0.2) is 9.84 Å². The number of hydrogen-bond donors (Lipinski definition) is 2. The Balaban J connectivity index is 3.90. The van der Waals surface area contributed by atoms with Crippen molar-refractivity contribution in [3.05, 3.63) is 0 Å². The van der Waals surface area contributed by atoms with Gasteiger partial charge < -0.3 is 19.9 Å². The van der Waals surface area contributed by atoms with Crippen LogP contribution < -0.4 is 5.32 Å². The molecule has 0 aliphatic heterocycles. The molecule has 2 atom stereocenters. The fraction of sp³-hybridized carbons (Fsp3) is 1.00. The molecule has 0 rings (SSSR count). The summed E-state index contributed by atoms with van der Waals surface area (Å²) in [5, 5.41) is 12.6. The van der Waals surface area contributed by atoms with E-state index in [-0.39, 0.29) is 19.3 Å². The van der Waals surface area contributed by atoms with E-state index >= 15 is 0 Å². The quantitative estimate of drug-likeness (QED) is 0.581. The van der Waals surface area contributed by atoms with Crippen LogP contribution >= 0.6 is 0 Å². The lowest BCUT2D eigenvalue weighted by Gasteiger charge is -2.24. The lowest BCUT2D eigenvalue weighted by atomic mass is 10.2. The van der Waals surface area contributed by atoms with Crippen molar-refractivity contribution in [1.29, 1.82) is 0 Å². The molecule has 0 spiro atoms. The molecule has 0 bridgehead atoms. The second-order valence-electron chi connectivity index (χ2n) is 5.42. The van der Waals surface area contributed by atoms with Gasteiger partial charge in [0, 0.05) is 26.5 Å². The van der Waals surface area contributed by atoms with E-state index in [0.29, 0.717) is 13.2 Å². The van der Waals surface area contributed by atoms with E-state index in [0.717, 1.165) is 0 Å². The highest BCUT2D eigenvalue weighted by Gasteiger charge is 2.29. The zero-order valence-corrected chi connectivity index (χ0v) is 13.3. The minimum absolute atomic E-state index is 0.0767. The first kappa shape index (κ1) is 18.8. The summed E-state index contributed by atoms with van der Waals surface area (Å²) in [5.41, 5.74) is 0. The van der Waals surface area contributed by atoms with Crippen LogP contribution in [-0.2, 0) is 19.3 Å². The molecule has 0 aliphatic rings. The Morgan fingerprint density at radius 1 is 1.32 bits per heavy atom. The number of aliphatic hydroxyl groups is 1. The van der Waals surface area contributed by atoms with Crippen molar-refractivity contribution in [3.8, 4) is 0 Å². The number of rotatable bonds is 10. The molecule has 0 aliphatic carbocycles. The summed E-state index contributed by atoms with van der Waals surface area (Å²) in [6.45, 7) is 6.40. The van der Waals surface area contributed by atoms with E-state index in [1.54, 1.807) is 21.0 Å². The average molecular weight is 297 g/mol. The Bertz CT molecular complexity index is 342. The maximum absolute atomic E-state index is 11.5. The van der Waals surface area contributed by atoms with Crippen LogP contribution in [0.4, 0.5) is 0 Å². The Labute approximate surface area is 116 Å². The molecule has 0 aromatic rings. The van der Waals surface area contributed by atoms with Crippen molar-refractivity contribution < 1.29 is 23.0 Å². The fourth-order valence-electron chi connectivity index (χ4n) is 1.29. The topological polar surface area (TPSA) is 84.9 Å². The minimum Gasteiger partial charge on any atom is -0.389 e. The van der Waals surface area contributed by atoms with Crippen molar-refractivity contribution >= 4 is 9.84 Å². The Morgan fingerprint density at radius 2 is 1.89 bits per heavy atom. The van der Waals surface area contributed by atoms with E-state index < -0.39 is 20.7 Å². The van der Waals surface area contributed by atoms with Crippen LogP contribution in [0.3, 0.4) is 0 Å². The lowest BCUT2D eigenvalue weighted by Crippen LogP contribution is -2.44. The van der Waals surface area contributed by atoms with Gasteiger partial charge in [-0.15, -0.1) is 0 Å². The van der Waals surface area contributed by atoms with Gasteiger partial charge in [-0.1, -0.05) is 0 Å². The first-order chi connectivity index (χ1) is 8.60. The zero-order chi connectivity index (χ0) is 15.1. The molecule has 0 radical (unpaired) electrons. The largest absolute Gasteiger partial charge is 0.389 e. The van der Waals surface area contributed by atoms with Crippen LogP contribution in [0.5, 0.6) is 0 Å². The molecule has 0 aromatic carbocycles.